The van der Waals surface area contributed by atoms with Crippen LogP contribution in [0.15, 0.2) is 22.7 Å². The molecular formula is C15H18BrFN2S. The molecule has 0 saturated carbocycles. The molecule has 0 spiro atoms. The number of benzene rings is 1. The Bertz CT molecular complexity index is 578. The van der Waals surface area contributed by atoms with Gasteiger partial charge >= 0.3 is 0 Å². The standard InChI is InChI=1S/C15H18BrFN2S/c1-4-7-18-14(15-19-9(2)10(3)20-15)11-5-6-12(16)13(17)8-11/h5-6,8,14,18H,4,7H2,1-3H3. The van der Waals surface area contributed by atoms with Crippen LogP contribution >= 0.6 is 27.3 Å². The van der Waals surface area contributed by atoms with E-state index in [1.807, 2.05) is 13.0 Å². The Morgan fingerprint density at radius 1 is 1.40 bits per heavy atom. The molecule has 0 bridgehead atoms. The second-order valence-electron chi connectivity index (χ2n) is 4.75. The van der Waals surface area contributed by atoms with Crippen LogP contribution in [0.1, 0.15) is 40.5 Å². The molecule has 1 aromatic carbocycles. The zero-order chi connectivity index (χ0) is 14.7. The molecule has 2 nitrogen and oxygen atoms in total. The fraction of sp³-hybridized carbons (Fsp3) is 0.400. The number of thiazole rings is 1. The summed E-state index contributed by atoms with van der Waals surface area (Å²) in [7, 11) is 0. The lowest BCUT2D eigenvalue weighted by Crippen LogP contribution is -2.23. The van der Waals surface area contributed by atoms with Crippen LogP contribution in [-0.2, 0) is 0 Å². The molecule has 0 saturated heterocycles. The van der Waals surface area contributed by atoms with Crippen LogP contribution in [0.3, 0.4) is 0 Å². The van der Waals surface area contributed by atoms with Crippen molar-refractivity contribution in [3.8, 4) is 0 Å². The van der Waals surface area contributed by atoms with Gasteiger partial charge in [-0.05, 0) is 60.4 Å². The Labute approximate surface area is 131 Å². The van der Waals surface area contributed by atoms with Crippen LogP contribution < -0.4 is 5.32 Å². The molecule has 1 heterocycles. The average Bonchev–Trinajstić information content (AvgIpc) is 2.74. The second-order valence-corrected chi connectivity index (χ2v) is 6.84. The number of halogens is 2. The number of rotatable bonds is 5. The van der Waals surface area contributed by atoms with E-state index in [0.29, 0.717) is 4.47 Å². The Balaban J connectivity index is 2.38. The van der Waals surface area contributed by atoms with Crippen molar-refractivity contribution in [3.05, 3.63) is 49.6 Å². The third kappa shape index (κ3) is 3.45. The van der Waals surface area contributed by atoms with Crippen molar-refractivity contribution >= 4 is 27.3 Å². The highest BCUT2D eigenvalue weighted by Gasteiger charge is 2.19. The van der Waals surface area contributed by atoms with E-state index in [4.69, 9.17) is 0 Å². The molecule has 0 fully saturated rings. The van der Waals surface area contributed by atoms with Crippen LogP contribution in [0, 0.1) is 19.7 Å². The fourth-order valence-electron chi connectivity index (χ4n) is 1.95. The molecular weight excluding hydrogens is 339 g/mol. The average molecular weight is 357 g/mol. The van der Waals surface area contributed by atoms with Gasteiger partial charge in [-0.3, -0.25) is 0 Å². The van der Waals surface area contributed by atoms with Gasteiger partial charge < -0.3 is 5.32 Å². The zero-order valence-corrected chi connectivity index (χ0v) is 14.2. The predicted molar refractivity (Wildman–Crippen MR) is 85.8 cm³/mol. The number of hydrogen-bond acceptors (Lipinski definition) is 3. The number of aryl methyl sites for hydroxylation is 2. The molecule has 1 atom stereocenters. The first-order chi connectivity index (χ1) is 9.52. The Morgan fingerprint density at radius 3 is 2.70 bits per heavy atom. The molecule has 108 valence electrons. The maximum absolute atomic E-state index is 13.8. The second kappa shape index (κ2) is 6.78. The molecule has 2 aromatic rings. The third-order valence-electron chi connectivity index (χ3n) is 3.17. The maximum atomic E-state index is 13.8. The molecule has 1 aromatic heterocycles. The van der Waals surface area contributed by atoms with E-state index in [1.165, 1.54) is 4.88 Å². The van der Waals surface area contributed by atoms with Crippen molar-refractivity contribution in [2.75, 3.05) is 6.54 Å². The fourth-order valence-corrected chi connectivity index (χ4v) is 3.22. The van der Waals surface area contributed by atoms with Crippen molar-refractivity contribution in [2.24, 2.45) is 0 Å². The summed E-state index contributed by atoms with van der Waals surface area (Å²) >= 11 is 4.86. The van der Waals surface area contributed by atoms with Crippen LogP contribution in [0.5, 0.6) is 0 Å². The van der Waals surface area contributed by atoms with Crippen molar-refractivity contribution in [2.45, 2.75) is 33.2 Å². The third-order valence-corrected chi connectivity index (χ3v) is 4.95. The summed E-state index contributed by atoms with van der Waals surface area (Å²) in [5.74, 6) is -0.240. The minimum atomic E-state index is -0.240. The SMILES string of the molecule is CCCNC(c1ccc(Br)c(F)c1)c1nc(C)c(C)s1. The predicted octanol–water partition coefficient (Wildman–Crippen LogP) is 4.75. The highest BCUT2D eigenvalue weighted by molar-refractivity contribution is 9.10. The van der Waals surface area contributed by atoms with Crippen molar-refractivity contribution < 1.29 is 4.39 Å². The first-order valence-electron chi connectivity index (χ1n) is 6.65. The van der Waals surface area contributed by atoms with E-state index >= 15 is 0 Å². The van der Waals surface area contributed by atoms with Gasteiger partial charge in [-0.1, -0.05) is 13.0 Å². The summed E-state index contributed by atoms with van der Waals surface area (Å²) in [5.41, 5.74) is 1.96. The summed E-state index contributed by atoms with van der Waals surface area (Å²) in [6, 6.07) is 5.21. The van der Waals surface area contributed by atoms with Gasteiger partial charge in [0.05, 0.1) is 16.2 Å². The lowest BCUT2D eigenvalue weighted by atomic mass is 10.1. The highest BCUT2D eigenvalue weighted by atomic mass is 79.9. The molecule has 0 aliphatic heterocycles. The van der Waals surface area contributed by atoms with Gasteiger partial charge in [0.25, 0.3) is 0 Å². The van der Waals surface area contributed by atoms with Crippen LogP contribution in [0.4, 0.5) is 4.39 Å². The Morgan fingerprint density at radius 2 is 2.15 bits per heavy atom. The monoisotopic (exact) mass is 356 g/mol. The molecule has 0 amide bonds. The van der Waals surface area contributed by atoms with Crippen molar-refractivity contribution in [1.29, 1.82) is 0 Å². The number of aromatic nitrogens is 1. The molecule has 2 rings (SSSR count). The van der Waals surface area contributed by atoms with E-state index in [2.05, 4.69) is 40.1 Å². The van der Waals surface area contributed by atoms with E-state index in [1.54, 1.807) is 23.5 Å². The topological polar surface area (TPSA) is 24.9 Å². The summed E-state index contributed by atoms with van der Waals surface area (Å²) in [6.45, 7) is 7.06. The smallest absolute Gasteiger partial charge is 0.137 e. The Hall–Kier alpha value is -0.780. The minimum absolute atomic E-state index is 0.0463. The number of nitrogens with one attached hydrogen (secondary N) is 1. The number of nitrogens with zero attached hydrogens (tertiary/aromatic N) is 1. The molecule has 5 heteroatoms. The zero-order valence-electron chi connectivity index (χ0n) is 11.8. The van der Waals surface area contributed by atoms with Gasteiger partial charge in [0.1, 0.15) is 10.8 Å². The van der Waals surface area contributed by atoms with Gasteiger partial charge in [0.15, 0.2) is 0 Å². The van der Waals surface area contributed by atoms with Crippen LogP contribution in [-0.4, -0.2) is 11.5 Å². The number of hydrogen-bond donors (Lipinski definition) is 1. The van der Waals surface area contributed by atoms with Crippen molar-refractivity contribution in [3.63, 3.8) is 0 Å². The van der Waals surface area contributed by atoms with E-state index in [-0.39, 0.29) is 11.9 Å². The van der Waals surface area contributed by atoms with E-state index < -0.39 is 0 Å². The summed E-state index contributed by atoms with van der Waals surface area (Å²) in [4.78, 5) is 5.82. The Kier molecular flexibility index (Phi) is 5.29. The summed E-state index contributed by atoms with van der Waals surface area (Å²) < 4.78 is 14.3. The highest BCUT2D eigenvalue weighted by Crippen LogP contribution is 2.29. The minimum Gasteiger partial charge on any atom is -0.304 e. The van der Waals surface area contributed by atoms with Gasteiger partial charge in [0, 0.05) is 4.88 Å². The quantitative estimate of drug-likeness (QED) is 0.835. The lowest BCUT2D eigenvalue weighted by Gasteiger charge is -2.17. The van der Waals surface area contributed by atoms with Crippen LogP contribution in [0.2, 0.25) is 0 Å². The molecule has 0 aliphatic carbocycles. The largest absolute Gasteiger partial charge is 0.304 e. The molecule has 0 radical (unpaired) electrons. The maximum Gasteiger partial charge on any atom is 0.137 e. The van der Waals surface area contributed by atoms with Gasteiger partial charge in [-0.2, -0.15) is 0 Å². The normalized spacial score (nSPS) is 12.7. The molecule has 20 heavy (non-hydrogen) atoms. The lowest BCUT2D eigenvalue weighted by molar-refractivity contribution is 0.581. The first kappa shape index (κ1) is 15.6. The van der Waals surface area contributed by atoms with Crippen LogP contribution in [0.25, 0.3) is 0 Å². The van der Waals surface area contributed by atoms with E-state index in [0.717, 1.165) is 29.2 Å². The van der Waals surface area contributed by atoms with Gasteiger partial charge in [-0.25, -0.2) is 9.37 Å². The summed E-state index contributed by atoms with van der Waals surface area (Å²) in [6.07, 6.45) is 1.03. The van der Waals surface area contributed by atoms with Gasteiger partial charge in [0.2, 0.25) is 0 Å². The van der Waals surface area contributed by atoms with Gasteiger partial charge in [-0.15, -0.1) is 11.3 Å². The molecule has 1 N–H and O–H groups in total. The molecule has 0 aliphatic rings. The first-order valence-corrected chi connectivity index (χ1v) is 8.26. The summed E-state index contributed by atoms with van der Waals surface area (Å²) in [5, 5.41) is 4.45. The van der Waals surface area contributed by atoms with E-state index in [9.17, 15) is 4.39 Å². The molecule has 1 unspecified atom stereocenters. The van der Waals surface area contributed by atoms with Crippen molar-refractivity contribution in [1.82, 2.24) is 10.3 Å².